The largest absolute Gasteiger partial charge is 0.384 e. The van der Waals surface area contributed by atoms with Crippen molar-refractivity contribution in [3.05, 3.63) is 52.3 Å². The van der Waals surface area contributed by atoms with Crippen LogP contribution >= 0.6 is 0 Å². The van der Waals surface area contributed by atoms with E-state index in [1.807, 2.05) is 18.5 Å². The molecule has 4 nitrogen and oxygen atoms in total. The summed E-state index contributed by atoms with van der Waals surface area (Å²) < 4.78 is 28.9. The third-order valence-electron chi connectivity index (χ3n) is 4.25. The molecule has 1 aromatic carbocycles. The maximum absolute atomic E-state index is 13.9. The average molecular weight is 337 g/mol. The number of rotatable bonds is 7. The van der Waals surface area contributed by atoms with Gasteiger partial charge in [-0.15, -0.1) is 0 Å². The van der Waals surface area contributed by atoms with E-state index in [2.05, 4.69) is 17.3 Å². The highest BCUT2D eigenvalue weighted by molar-refractivity contribution is 5.26. The fourth-order valence-electron chi connectivity index (χ4n) is 2.87. The molecule has 1 heterocycles. The molecular weight excluding hydrogens is 312 g/mol. The Hall–Kier alpha value is -1.79. The number of hydrogen-bond donors (Lipinski definition) is 2. The molecule has 0 fully saturated rings. The molecule has 0 saturated carbocycles. The summed E-state index contributed by atoms with van der Waals surface area (Å²) >= 11 is 0. The van der Waals surface area contributed by atoms with Gasteiger partial charge in [-0.25, -0.2) is 8.78 Å². The fourth-order valence-corrected chi connectivity index (χ4v) is 2.87. The summed E-state index contributed by atoms with van der Waals surface area (Å²) in [4.78, 5) is 0. The molecule has 0 bridgehead atoms. The van der Waals surface area contributed by atoms with Gasteiger partial charge in [-0.2, -0.15) is 5.10 Å². The summed E-state index contributed by atoms with van der Waals surface area (Å²) in [6.07, 6.45) is 1.01. The third kappa shape index (κ3) is 3.99. The summed E-state index contributed by atoms with van der Waals surface area (Å²) in [6, 6.07) is 3.21. The van der Waals surface area contributed by atoms with Gasteiger partial charge in [0.25, 0.3) is 0 Å². The van der Waals surface area contributed by atoms with Gasteiger partial charge in [0, 0.05) is 42.5 Å². The van der Waals surface area contributed by atoms with Crippen LogP contribution in [0.2, 0.25) is 0 Å². The predicted molar refractivity (Wildman–Crippen MR) is 89.6 cm³/mol. The van der Waals surface area contributed by atoms with Crippen LogP contribution < -0.4 is 5.32 Å². The average Bonchev–Trinajstić information content (AvgIpc) is 2.74. The Morgan fingerprint density at radius 3 is 2.62 bits per heavy atom. The van der Waals surface area contributed by atoms with Gasteiger partial charge in [-0.05, 0) is 33.3 Å². The molecule has 1 atom stereocenters. The van der Waals surface area contributed by atoms with E-state index in [-0.39, 0.29) is 12.1 Å². The number of aryl methyl sites for hydroxylation is 2. The van der Waals surface area contributed by atoms with E-state index >= 15 is 0 Å². The number of benzene rings is 1. The van der Waals surface area contributed by atoms with Crippen molar-refractivity contribution in [3.8, 4) is 0 Å². The van der Waals surface area contributed by atoms with E-state index in [0.29, 0.717) is 6.54 Å². The third-order valence-corrected chi connectivity index (χ3v) is 4.25. The minimum absolute atomic E-state index is 0.0755. The SMILES string of the molecule is CCCn1nc(C)c(CNCC(C)(O)c2ccc(F)cc2F)c1C. The van der Waals surface area contributed by atoms with Crippen LogP contribution in [0, 0.1) is 25.5 Å². The lowest BCUT2D eigenvalue weighted by atomic mass is 9.95. The zero-order valence-electron chi connectivity index (χ0n) is 14.7. The van der Waals surface area contributed by atoms with Gasteiger partial charge in [-0.3, -0.25) is 4.68 Å². The maximum atomic E-state index is 13.9. The Balaban J connectivity index is 2.05. The number of nitrogens with zero attached hydrogens (tertiary/aromatic N) is 2. The highest BCUT2D eigenvalue weighted by Gasteiger charge is 2.26. The standard InChI is InChI=1S/C18H25F2N3O/c1-5-8-23-13(3)15(12(2)22-23)10-21-11-18(4,24)16-7-6-14(19)9-17(16)20/h6-7,9,21,24H,5,8,10-11H2,1-4H3. The highest BCUT2D eigenvalue weighted by Crippen LogP contribution is 2.24. The van der Waals surface area contributed by atoms with Crippen LogP contribution in [0.4, 0.5) is 8.78 Å². The van der Waals surface area contributed by atoms with Crippen LogP contribution in [0.1, 0.15) is 42.8 Å². The Morgan fingerprint density at radius 1 is 1.29 bits per heavy atom. The van der Waals surface area contributed by atoms with Crippen molar-refractivity contribution < 1.29 is 13.9 Å². The van der Waals surface area contributed by atoms with Gasteiger partial charge in [0.05, 0.1) is 5.69 Å². The maximum Gasteiger partial charge on any atom is 0.132 e. The van der Waals surface area contributed by atoms with Crippen molar-refractivity contribution in [1.82, 2.24) is 15.1 Å². The Kier molecular flexibility index (Phi) is 5.72. The molecule has 132 valence electrons. The number of halogens is 2. The summed E-state index contributed by atoms with van der Waals surface area (Å²) in [6.45, 7) is 9.12. The Labute approximate surface area is 141 Å². The molecule has 0 spiro atoms. The van der Waals surface area contributed by atoms with Gasteiger partial charge in [0.2, 0.25) is 0 Å². The van der Waals surface area contributed by atoms with Crippen LogP contribution in [0.25, 0.3) is 0 Å². The fraction of sp³-hybridized carbons (Fsp3) is 0.500. The molecule has 24 heavy (non-hydrogen) atoms. The van der Waals surface area contributed by atoms with Gasteiger partial charge in [0.15, 0.2) is 0 Å². The molecule has 0 radical (unpaired) electrons. The minimum atomic E-state index is -1.43. The lowest BCUT2D eigenvalue weighted by molar-refractivity contribution is 0.0528. The lowest BCUT2D eigenvalue weighted by Crippen LogP contribution is -2.36. The zero-order chi connectivity index (χ0) is 17.9. The first-order valence-corrected chi connectivity index (χ1v) is 8.17. The second-order valence-electron chi connectivity index (χ2n) is 6.37. The van der Waals surface area contributed by atoms with Crippen LogP contribution in [-0.4, -0.2) is 21.4 Å². The van der Waals surface area contributed by atoms with Crippen molar-refractivity contribution in [3.63, 3.8) is 0 Å². The van der Waals surface area contributed by atoms with E-state index in [9.17, 15) is 13.9 Å². The first-order chi connectivity index (χ1) is 11.3. The Bertz CT molecular complexity index is 711. The van der Waals surface area contributed by atoms with Crippen LogP contribution in [0.5, 0.6) is 0 Å². The van der Waals surface area contributed by atoms with E-state index in [1.165, 1.54) is 13.0 Å². The molecule has 2 aromatic rings. The summed E-state index contributed by atoms with van der Waals surface area (Å²) in [5.41, 5.74) is 1.76. The van der Waals surface area contributed by atoms with Crippen molar-refractivity contribution in [1.29, 1.82) is 0 Å². The molecule has 0 aliphatic rings. The van der Waals surface area contributed by atoms with Gasteiger partial charge in [-0.1, -0.05) is 13.0 Å². The first-order valence-electron chi connectivity index (χ1n) is 8.17. The molecule has 0 aliphatic heterocycles. The van der Waals surface area contributed by atoms with Crippen molar-refractivity contribution in [2.24, 2.45) is 0 Å². The second-order valence-corrected chi connectivity index (χ2v) is 6.37. The molecule has 0 aliphatic carbocycles. The quantitative estimate of drug-likeness (QED) is 0.816. The van der Waals surface area contributed by atoms with Crippen LogP contribution in [0.3, 0.4) is 0 Å². The van der Waals surface area contributed by atoms with Crippen molar-refractivity contribution >= 4 is 0 Å². The number of nitrogens with one attached hydrogen (secondary N) is 1. The monoisotopic (exact) mass is 337 g/mol. The van der Waals surface area contributed by atoms with Gasteiger partial charge in [0.1, 0.15) is 17.2 Å². The molecule has 1 unspecified atom stereocenters. The van der Waals surface area contributed by atoms with E-state index < -0.39 is 17.2 Å². The van der Waals surface area contributed by atoms with Crippen LogP contribution in [-0.2, 0) is 18.7 Å². The van der Waals surface area contributed by atoms with Gasteiger partial charge < -0.3 is 10.4 Å². The van der Waals surface area contributed by atoms with Crippen molar-refractivity contribution in [2.75, 3.05) is 6.54 Å². The highest BCUT2D eigenvalue weighted by atomic mass is 19.1. The number of aliphatic hydroxyl groups is 1. The first kappa shape index (κ1) is 18.5. The van der Waals surface area contributed by atoms with Crippen LogP contribution in [0.15, 0.2) is 18.2 Å². The number of aromatic nitrogens is 2. The molecule has 6 heteroatoms. The molecule has 0 amide bonds. The summed E-state index contributed by atoms with van der Waals surface area (Å²) in [5, 5.41) is 18.2. The minimum Gasteiger partial charge on any atom is -0.384 e. The molecule has 2 rings (SSSR count). The normalized spacial score (nSPS) is 14.0. The smallest absolute Gasteiger partial charge is 0.132 e. The summed E-state index contributed by atoms with van der Waals surface area (Å²) in [5.74, 6) is -1.40. The molecule has 0 saturated heterocycles. The summed E-state index contributed by atoms with van der Waals surface area (Å²) in [7, 11) is 0. The lowest BCUT2D eigenvalue weighted by Gasteiger charge is -2.25. The van der Waals surface area contributed by atoms with E-state index in [4.69, 9.17) is 0 Å². The van der Waals surface area contributed by atoms with Crippen molar-refractivity contribution in [2.45, 2.75) is 52.8 Å². The molecule has 2 N–H and O–H groups in total. The molecular formula is C18H25F2N3O. The predicted octanol–water partition coefficient (Wildman–Crippen LogP) is 3.19. The zero-order valence-corrected chi connectivity index (χ0v) is 14.7. The van der Waals surface area contributed by atoms with E-state index in [0.717, 1.165) is 42.0 Å². The van der Waals surface area contributed by atoms with Gasteiger partial charge >= 0.3 is 0 Å². The molecule has 1 aromatic heterocycles. The topological polar surface area (TPSA) is 50.1 Å². The number of hydrogen-bond acceptors (Lipinski definition) is 3. The van der Waals surface area contributed by atoms with E-state index in [1.54, 1.807) is 0 Å². The second kappa shape index (κ2) is 7.40. The Morgan fingerprint density at radius 2 is 2.00 bits per heavy atom.